The fourth-order valence-electron chi connectivity index (χ4n) is 2.40. The standard InChI is InChI=1S/C19H19NO4/c1-13(8-17(21)15-4-3-5-16(10-15)22-2)20-11-14-6-7-18-19(9-14)24-12-23-18/h3-10,20H,11-12H2,1-2H3/b13-8+. The summed E-state index contributed by atoms with van der Waals surface area (Å²) in [7, 11) is 1.58. The molecule has 0 fully saturated rings. The molecule has 1 N–H and O–H groups in total. The van der Waals surface area contributed by atoms with Crippen molar-refractivity contribution in [3.05, 3.63) is 65.4 Å². The number of methoxy groups -OCH3 is 1. The number of benzene rings is 2. The van der Waals surface area contributed by atoms with Gasteiger partial charge in [0.25, 0.3) is 0 Å². The fraction of sp³-hybridized carbons (Fsp3) is 0.211. The van der Waals surface area contributed by atoms with Gasteiger partial charge in [-0.25, -0.2) is 0 Å². The van der Waals surface area contributed by atoms with Gasteiger partial charge in [-0.1, -0.05) is 18.2 Å². The number of ketones is 1. The third-order valence-corrected chi connectivity index (χ3v) is 3.71. The summed E-state index contributed by atoms with van der Waals surface area (Å²) in [6, 6.07) is 12.9. The van der Waals surface area contributed by atoms with Gasteiger partial charge in [0.05, 0.1) is 7.11 Å². The van der Waals surface area contributed by atoms with E-state index in [9.17, 15) is 4.79 Å². The van der Waals surface area contributed by atoms with Gasteiger partial charge in [0.2, 0.25) is 6.79 Å². The van der Waals surface area contributed by atoms with Crippen molar-refractivity contribution in [2.75, 3.05) is 13.9 Å². The maximum absolute atomic E-state index is 12.3. The van der Waals surface area contributed by atoms with Crippen LogP contribution in [0.3, 0.4) is 0 Å². The highest BCUT2D eigenvalue weighted by Crippen LogP contribution is 2.32. The first kappa shape index (κ1) is 15.9. The maximum atomic E-state index is 12.3. The number of fused-ring (bicyclic) bond motifs is 1. The third-order valence-electron chi connectivity index (χ3n) is 3.71. The van der Waals surface area contributed by atoms with E-state index in [0.29, 0.717) is 17.9 Å². The molecule has 2 aromatic carbocycles. The van der Waals surface area contributed by atoms with Crippen LogP contribution < -0.4 is 19.5 Å². The van der Waals surface area contributed by atoms with Crippen molar-refractivity contribution in [1.82, 2.24) is 5.32 Å². The zero-order chi connectivity index (χ0) is 16.9. The molecule has 0 amide bonds. The molecule has 0 aromatic heterocycles. The number of rotatable bonds is 6. The summed E-state index contributed by atoms with van der Waals surface area (Å²) in [5.74, 6) is 2.12. The highest BCUT2D eigenvalue weighted by Gasteiger charge is 2.13. The van der Waals surface area contributed by atoms with Gasteiger partial charge in [0.15, 0.2) is 17.3 Å². The molecule has 0 unspecified atom stereocenters. The Bertz CT molecular complexity index is 783. The molecule has 1 aliphatic heterocycles. The van der Waals surface area contributed by atoms with Crippen LogP contribution in [0.25, 0.3) is 0 Å². The van der Waals surface area contributed by atoms with E-state index in [0.717, 1.165) is 22.8 Å². The van der Waals surface area contributed by atoms with Gasteiger partial charge in [-0.2, -0.15) is 0 Å². The summed E-state index contributed by atoms with van der Waals surface area (Å²) < 4.78 is 15.8. The predicted octanol–water partition coefficient (Wildman–Crippen LogP) is 3.30. The van der Waals surface area contributed by atoms with Crippen LogP contribution in [0, 0.1) is 0 Å². The third kappa shape index (κ3) is 3.68. The Balaban J connectivity index is 1.62. The van der Waals surface area contributed by atoms with E-state index in [-0.39, 0.29) is 12.6 Å². The minimum atomic E-state index is -0.0652. The monoisotopic (exact) mass is 325 g/mol. The minimum absolute atomic E-state index is 0.0652. The second-order valence-corrected chi connectivity index (χ2v) is 5.46. The normalized spacial score (nSPS) is 12.8. The van der Waals surface area contributed by atoms with Gasteiger partial charge in [-0.05, 0) is 36.8 Å². The Labute approximate surface area is 140 Å². The van der Waals surface area contributed by atoms with E-state index in [1.807, 2.05) is 31.2 Å². The fourth-order valence-corrected chi connectivity index (χ4v) is 2.40. The first-order chi connectivity index (χ1) is 11.7. The van der Waals surface area contributed by atoms with Gasteiger partial charge in [-0.15, -0.1) is 0 Å². The Kier molecular flexibility index (Phi) is 4.70. The Hall–Kier alpha value is -2.95. The summed E-state index contributed by atoms with van der Waals surface area (Å²) in [5, 5.41) is 3.23. The number of carbonyl (C=O) groups excluding carboxylic acids is 1. The average molecular weight is 325 g/mol. The molecule has 1 heterocycles. The van der Waals surface area contributed by atoms with Gasteiger partial charge < -0.3 is 19.5 Å². The summed E-state index contributed by atoms with van der Waals surface area (Å²) in [5.41, 5.74) is 2.44. The Morgan fingerprint density at radius 2 is 2.04 bits per heavy atom. The molecule has 5 heteroatoms. The zero-order valence-corrected chi connectivity index (χ0v) is 13.7. The summed E-state index contributed by atoms with van der Waals surface area (Å²) in [4.78, 5) is 12.3. The molecule has 0 saturated heterocycles. The molecule has 0 bridgehead atoms. The van der Waals surface area contributed by atoms with E-state index in [2.05, 4.69) is 5.32 Å². The molecule has 0 aliphatic carbocycles. The lowest BCUT2D eigenvalue weighted by Crippen LogP contribution is -2.12. The first-order valence-corrected chi connectivity index (χ1v) is 7.65. The minimum Gasteiger partial charge on any atom is -0.497 e. The number of carbonyl (C=O) groups is 1. The van der Waals surface area contributed by atoms with Crippen LogP contribution in [0.15, 0.2) is 54.2 Å². The van der Waals surface area contributed by atoms with Crippen LogP contribution in [-0.2, 0) is 6.54 Å². The molecule has 5 nitrogen and oxygen atoms in total. The molecular formula is C19H19NO4. The molecule has 24 heavy (non-hydrogen) atoms. The van der Waals surface area contributed by atoms with Crippen LogP contribution >= 0.6 is 0 Å². The highest BCUT2D eigenvalue weighted by molar-refractivity contribution is 6.05. The molecule has 0 radical (unpaired) electrons. The van der Waals surface area contributed by atoms with Crippen molar-refractivity contribution >= 4 is 5.78 Å². The molecule has 0 atom stereocenters. The molecule has 3 rings (SSSR count). The van der Waals surface area contributed by atoms with Crippen LogP contribution in [0.4, 0.5) is 0 Å². The van der Waals surface area contributed by atoms with Gasteiger partial charge >= 0.3 is 0 Å². The number of ether oxygens (including phenoxy) is 3. The van der Waals surface area contributed by atoms with Crippen LogP contribution in [0.5, 0.6) is 17.2 Å². The second-order valence-electron chi connectivity index (χ2n) is 5.46. The molecule has 0 saturated carbocycles. The van der Waals surface area contributed by atoms with Crippen LogP contribution in [0.2, 0.25) is 0 Å². The predicted molar refractivity (Wildman–Crippen MR) is 90.5 cm³/mol. The molecule has 1 aliphatic rings. The van der Waals surface area contributed by atoms with E-state index in [4.69, 9.17) is 14.2 Å². The maximum Gasteiger partial charge on any atom is 0.231 e. The number of hydrogen-bond acceptors (Lipinski definition) is 5. The molecular weight excluding hydrogens is 306 g/mol. The zero-order valence-electron chi connectivity index (χ0n) is 13.7. The van der Waals surface area contributed by atoms with Crippen LogP contribution in [0.1, 0.15) is 22.8 Å². The average Bonchev–Trinajstić information content (AvgIpc) is 3.07. The summed E-state index contributed by atoms with van der Waals surface area (Å²) in [6.45, 7) is 2.73. The first-order valence-electron chi connectivity index (χ1n) is 7.65. The van der Waals surface area contributed by atoms with E-state index in [1.54, 1.807) is 31.4 Å². The van der Waals surface area contributed by atoms with Crippen LogP contribution in [-0.4, -0.2) is 19.7 Å². The van der Waals surface area contributed by atoms with Crippen molar-refractivity contribution in [3.8, 4) is 17.2 Å². The van der Waals surface area contributed by atoms with Crippen molar-refractivity contribution in [2.24, 2.45) is 0 Å². The lowest BCUT2D eigenvalue weighted by atomic mass is 10.1. The number of allylic oxidation sites excluding steroid dienone is 2. The Morgan fingerprint density at radius 1 is 1.21 bits per heavy atom. The van der Waals surface area contributed by atoms with Crippen molar-refractivity contribution < 1.29 is 19.0 Å². The van der Waals surface area contributed by atoms with Gasteiger partial charge in [-0.3, -0.25) is 4.79 Å². The molecule has 124 valence electrons. The van der Waals surface area contributed by atoms with E-state index in [1.165, 1.54) is 0 Å². The largest absolute Gasteiger partial charge is 0.497 e. The lowest BCUT2D eigenvalue weighted by molar-refractivity contribution is 0.104. The molecule has 0 spiro atoms. The molecule has 2 aromatic rings. The van der Waals surface area contributed by atoms with E-state index >= 15 is 0 Å². The quantitative estimate of drug-likeness (QED) is 0.652. The highest BCUT2D eigenvalue weighted by atomic mass is 16.7. The Morgan fingerprint density at radius 3 is 2.88 bits per heavy atom. The van der Waals surface area contributed by atoms with Crippen molar-refractivity contribution in [1.29, 1.82) is 0 Å². The van der Waals surface area contributed by atoms with Crippen molar-refractivity contribution in [3.63, 3.8) is 0 Å². The second kappa shape index (κ2) is 7.08. The number of nitrogens with one attached hydrogen (secondary N) is 1. The summed E-state index contributed by atoms with van der Waals surface area (Å²) in [6.07, 6.45) is 1.59. The summed E-state index contributed by atoms with van der Waals surface area (Å²) >= 11 is 0. The van der Waals surface area contributed by atoms with Gasteiger partial charge in [0, 0.05) is 23.9 Å². The smallest absolute Gasteiger partial charge is 0.231 e. The topological polar surface area (TPSA) is 56.8 Å². The number of hydrogen-bond donors (Lipinski definition) is 1. The van der Waals surface area contributed by atoms with Crippen molar-refractivity contribution in [2.45, 2.75) is 13.5 Å². The SMILES string of the molecule is COc1cccc(C(=O)/C=C(\C)NCc2ccc3c(c2)OCO3)c1. The van der Waals surface area contributed by atoms with E-state index < -0.39 is 0 Å². The van der Waals surface area contributed by atoms with Gasteiger partial charge in [0.1, 0.15) is 5.75 Å². The lowest BCUT2D eigenvalue weighted by Gasteiger charge is -2.08.